The molecule has 0 saturated carbocycles. The van der Waals surface area contributed by atoms with Crippen LogP contribution in [-0.4, -0.2) is 62.1 Å². The second-order valence-electron chi connectivity index (χ2n) is 9.41. The van der Waals surface area contributed by atoms with E-state index < -0.39 is 16.6 Å². The van der Waals surface area contributed by atoms with E-state index in [1.807, 2.05) is 0 Å². The number of carbonyl (C=O) groups is 1. The number of H-pyrrole nitrogens is 1. The Balaban J connectivity index is 1.24. The summed E-state index contributed by atoms with van der Waals surface area (Å²) in [4.78, 5) is 42.5. The Labute approximate surface area is 231 Å². The monoisotopic (exact) mass is 561 g/mol. The lowest BCUT2D eigenvalue weighted by Gasteiger charge is -2.31. The topological polar surface area (TPSA) is 160 Å². The van der Waals surface area contributed by atoms with Crippen molar-refractivity contribution in [2.45, 2.75) is 13.3 Å². The van der Waals surface area contributed by atoms with Gasteiger partial charge in [-0.1, -0.05) is 24.3 Å². The quantitative estimate of drug-likeness (QED) is 0.155. The number of nitrogens with zero attached hydrogens (tertiary/aromatic N) is 6. The molecule has 2 heterocycles. The number of fused-ring (bicyclic) bond motifs is 1. The van der Waals surface area contributed by atoms with Crippen LogP contribution in [0.2, 0.25) is 0 Å². The van der Waals surface area contributed by atoms with Crippen LogP contribution < -0.4 is 10.4 Å². The molecule has 1 N–H and O–H groups in total. The Morgan fingerprint density at radius 1 is 1.07 bits per heavy atom. The van der Waals surface area contributed by atoms with E-state index >= 15 is 0 Å². The van der Waals surface area contributed by atoms with Crippen LogP contribution in [0.4, 0.5) is 10.1 Å². The standard InChI is InChI=1S/C27H24FN7O6/c1-17-14-19(34(38)39)7-9-25(17)41-31-35(40)33-12-10-32(11-13-33)27(37)22-15-18(6-8-23(22)28)16-24-20-4-2-3-5-21(20)26(36)30-29-24/h2-9,14-15H,10-13,16H2,1H3,(H,30,36)/b35-31-. The van der Waals surface area contributed by atoms with Crippen molar-refractivity contribution in [3.8, 4) is 5.75 Å². The SMILES string of the molecule is Cc1cc([N+](=O)[O-])ccc1O/N=[N+](\[O-])N1CCN(C(=O)c2cc(Cc3n[nH]c(=O)c4ccccc34)ccc2F)CC1. The highest BCUT2D eigenvalue weighted by Crippen LogP contribution is 2.24. The third-order valence-corrected chi connectivity index (χ3v) is 6.77. The van der Waals surface area contributed by atoms with Crippen LogP contribution in [0.15, 0.2) is 70.7 Å². The zero-order valence-electron chi connectivity index (χ0n) is 21.8. The lowest BCUT2D eigenvalue weighted by atomic mass is 10.0. The number of aromatic amines is 1. The zero-order chi connectivity index (χ0) is 29.1. The number of rotatable bonds is 7. The average molecular weight is 562 g/mol. The Bertz CT molecular complexity index is 1730. The average Bonchev–Trinajstić information content (AvgIpc) is 2.98. The van der Waals surface area contributed by atoms with E-state index in [9.17, 15) is 29.3 Å². The zero-order valence-corrected chi connectivity index (χ0v) is 21.8. The van der Waals surface area contributed by atoms with Crippen molar-refractivity contribution >= 4 is 22.4 Å². The summed E-state index contributed by atoms with van der Waals surface area (Å²) in [6.45, 7) is 2.11. The van der Waals surface area contributed by atoms with Crippen molar-refractivity contribution in [3.05, 3.63) is 115 Å². The summed E-state index contributed by atoms with van der Waals surface area (Å²) in [5.41, 5.74) is 1.13. The van der Waals surface area contributed by atoms with Crippen LogP contribution in [0.5, 0.6) is 5.75 Å². The first kappa shape index (κ1) is 27.2. The third kappa shape index (κ3) is 5.80. The van der Waals surface area contributed by atoms with Crippen molar-refractivity contribution in [2.24, 2.45) is 5.28 Å². The molecule has 1 aliphatic rings. The van der Waals surface area contributed by atoms with Gasteiger partial charge >= 0.3 is 0 Å². The highest BCUT2D eigenvalue weighted by molar-refractivity contribution is 5.95. The summed E-state index contributed by atoms with van der Waals surface area (Å²) in [7, 11) is 0. The molecule has 0 radical (unpaired) electrons. The Hall–Kier alpha value is -5.40. The first-order chi connectivity index (χ1) is 19.7. The molecule has 5 rings (SSSR count). The van der Waals surface area contributed by atoms with Gasteiger partial charge in [-0.15, -0.1) is 5.01 Å². The van der Waals surface area contributed by atoms with Crippen molar-refractivity contribution in [1.82, 2.24) is 20.1 Å². The second-order valence-corrected chi connectivity index (χ2v) is 9.41. The van der Waals surface area contributed by atoms with E-state index in [-0.39, 0.29) is 60.1 Å². The number of nitrogens with one attached hydrogen (secondary N) is 1. The van der Waals surface area contributed by atoms with Crippen molar-refractivity contribution in [2.75, 3.05) is 26.2 Å². The molecule has 1 aromatic heterocycles. The smallest absolute Gasteiger partial charge is 0.272 e. The van der Waals surface area contributed by atoms with Gasteiger partial charge in [0, 0.05) is 42.6 Å². The number of hydrazine groups is 1. The van der Waals surface area contributed by atoms with Crippen LogP contribution in [-0.2, 0) is 6.42 Å². The van der Waals surface area contributed by atoms with Gasteiger partial charge in [-0.2, -0.15) is 5.10 Å². The van der Waals surface area contributed by atoms with Crippen molar-refractivity contribution in [3.63, 3.8) is 0 Å². The fourth-order valence-electron chi connectivity index (χ4n) is 4.57. The van der Waals surface area contributed by atoms with Gasteiger partial charge < -0.3 is 14.9 Å². The van der Waals surface area contributed by atoms with Crippen molar-refractivity contribution in [1.29, 1.82) is 0 Å². The number of amides is 1. The molecule has 1 saturated heterocycles. The maximum Gasteiger partial charge on any atom is 0.272 e. The Kier molecular flexibility index (Phi) is 7.54. The van der Waals surface area contributed by atoms with Crippen LogP contribution in [0.3, 0.4) is 0 Å². The molecule has 0 aliphatic carbocycles. The van der Waals surface area contributed by atoms with E-state index in [1.165, 1.54) is 40.2 Å². The number of hydrogen-bond donors (Lipinski definition) is 1. The number of halogens is 1. The normalized spacial score (nSPS) is 13.9. The van der Waals surface area contributed by atoms with Gasteiger partial charge in [0.05, 0.1) is 39.6 Å². The van der Waals surface area contributed by atoms with Gasteiger partial charge in [0.2, 0.25) is 5.28 Å². The number of hydrogen-bond acceptors (Lipinski definition) is 8. The van der Waals surface area contributed by atoms with Crippen LogP contribution in [0.1, 0.15) is 27.2 Å². The number of aryl methyl sites for hydroxylation is 1. The molecule has 0 unspecified atom stereocenters. The van der Waals surface area contributed by atoms with Crippen LogP contribution in [0, 0.1) is 28.1 Å². The van der Waals surface area contributed by atoms with Crippen LogP contribution >= 0.6 is 0 Å². The van der Waals surface area contributed by atoms with E-state index in [4.69, 9.17) is 4.84 Å². The first-order valence-electron chi connectivity index (χ1n) is 12.6. The van der Waals surface area contributed by atoms with E-state index in [2.05, 4.69) is 15.5 Å². The molecule has 0 atom stereocenters. The highest BCUT2D eigenvalue weighted by atomic mass is 19.1. The number of aromatic nitrogens is 2. The fourth-order valence-corrected chi connectivity index (χ4v) is 4.57. The molecule has 13 nitrogen and oxygen atoms in total. The molecule has 1 amide bonds. The molecule has 1 fully saturated rings. The number of piperazine rings is 1. The summed E-state index contributed by atoms with van der Waals surface area (Å²) in [5.74, 6) is -1.01. The van der Waals surface area contributed by atoms with Gasteiger partial charge in [0.25, 0.3) is 17.2 Å². The number of non-ortho nitro benzene ring substituents is 1. The molecular weight excluding hydrogens is 537 g/mol. The van der Waals surface area contributed by atoms with Gasteiger partial charge in [-0.05, 0) is 36.8 Å². The lowest BCUT2D eigenvalue weighted by Crippen LogP contribution is -2.50. The molecule has 210 valence electrons. The minimum atomic E-state index is -0.673. The molecule has 1 aliphatic heterocycles. The predicted molar refractivity (Wildman–Crippen MR) is 144 cm³/mol. The fraction of sp³-hybridized carbons (Fsp3) is 0.222. The van der Waals surface area contributed by atoms with Gasteiger partial charge in [-0.25, -0.2) is 9.49 Å². The molecule has 0 spiro atoms. The van der Waals surface area contributed by atoms with Gasteiger partial charge in [0.1, 0.15) is 5.82 Å². The van der Waals surface area contributed by atoms with Gasteiger partial charge in [0.15, 0.2) is 5.75 Å². The van der Waals surface area contributed by atoms with Gasteiger partial charge in [-0.3, -0.25) is 19.7 Å². The van der Waals surface area contributed by atoms with Crippen LogP contribution in [0.25, 0.3) is 10.8 Å². The molecule has 41 heavy (non-hydrogen) atoms. The number of benzene rings is 3. The first-order valence-corrected chi connectivity index (χ1v) is 12.6. The minimum absolute atomic E-state index is 0.106. The Morgan fingerprint density at radius 3 is 2.51 bits per heavy atom. The molecule has 0 bridgehead atoms. The summed E-state index contributed by atoms with van der Waals surface area (Å²) in [6, 6.07) is 15.2. The molecular formula is C27H24FN7O6. The molecule has 14 heteroatoms. The second kappa shape index (κ2) is 11.4. The maximum absolute atomic E-state index is 14.7. The summed E-state index contributed by atoms with van der Waals surface area (Å²) >= 11 is 0. The number of nitro groups is 1. The van der Waals surface area contributed by atoms with E-state index in [0.29, 0.717) is 27.6 Å². The summed E-state index contributed by atoms with van der Waals surface area (Å²) in [5, 5.41) is 35.9. The molecule has 4 aromatic rings. The third-order valence-electron chi connectivity index (χ3n) is 6.77. The molecule has 3 aromatic carbocycles. The highest BCUT2D eigenvalue weighted by Gasteiger charge is 2.28. The number of carbonyl (C=O) groups excluding carboxylic acids is 1. The number of nitro benzene ring substituents is 1. The van der Waals surface area contributed by atoms with E-state index in [0.717, 1.165) is 0 Å². The van der Waals surface area contributed by atoms with E-state index in [1.54, 1.807) is 37.3 Å². The maximum atomic E-state index is 14.7. The lowest BCUT2D eigenvalue weighted by molar-refractivity contribution is -0.708. The summed E-state index contributed by atoms with van der Waals surface area (Å²) < 4.78 is 14.7. The summed E-state index contributed by atoms with van der Waals surface area (Å²) in [6.07, 6.45) is 0.270. The minimum Gasteiger partial charge on any atom is -0.569 e. The Morgan fingerprint density at radius 2 is 1.80 bits per heavy atom. The van der Waals surface area contributed by atoms with Crippen molar-refractivity contribution < 1.29 is 23.9 Å². The predicted octanol–water partition coefficient (Wildman–Crippen LogP) is 3.50. The largest absolute Gasteiger partial charge is 0.569 e.